The molecule has 11 heavy (non-hydrogen) atoms. The monoisotopic (exact) mass is 206 g/mol. The van der Waals surface area contributed by atoms with E-state index in [0.29, 0.717) is 5.75 Å². The molecule has 4 nitrogen and oxygen atoms in total. The number of hydrogen-bond donors (Lipinski definition) is 1. The van der Waals surface area contributed by atoms with Gasteiger partial charge in [0.15, 0.2) is 4.93 Å². The summed E-state index contributed by atoms with van der Waals surface area (Å²) in [6.45, 7) is 0. The Bertz CT molecular complexity index is 218. The molecular formula is C4H7NaO4S2. The second-order valence-electron chi connectivity index (χ2n) is 2.20. The van der Waals surface area contributed by atoms with Crippen molar-refractivity contribution in [2.24, 2.45) is 0 Å². The third kappa shape index (κ3) is 2.58. The molecule has 1 unspecified atom stereocenters. The van der Waals surface area contributed by atoms with Crippen molar-refractivity contribution in [1.29, 1.82) is 0 Å². The minimum atomic E-state index is -4.52. The molecule has 1 heterocycles. The number of rotatable bonds is 1. The predicted molar refractivity (Wildman–Crippen MR) is 36.6 cm³/mol. The van der Waals surface area contributed by atoms with E-state index in [1.165, 1.54) is 11.8 Å². The van der Waals surface area contributed by atoms with Gasteiger partial charge in [0.1, 0.15) is 10.1 Å². The Labute approximate surface area is 91.8 Å². The van der Waals surface area contributed by atoms with Crippen molar-refractivity contribution >= 4 is 21.9 Å². The van der Waals surface area contributed by atoms with Crippen LogP contribution in [0.1, 0.15) is 6.42 Å². The Hall–Kier alpha value is 1.22. The molecule has 1 saturated heterocycles. The standard InChI is InChI=1S/C4H8O4S2.Na/c5-4(10(6,7)8)1-2-9-3-4;/h5H,1-3H2,(H,6,7,8);/q;+1/p-1. The van der Waals surface area contributed by atoms with Gasteiger partial charge in [0, 0.05) is 5.75 Å². The first kappa shape index (κ1) is 12.2. The van der Waals surface area contributed by atoms with Crippen LogP contribution in [0.5, 0.6) is 0 Å². The Morgan fingerprint density at radius 2 is 2.09 bits per heavy atom. The molecule has 0 saturated carbocycles. The summed E-state index contributed by atoms with van der Waals surface area (Å²) in [6, 6.07) is 0. The first-order valence-electron chi connectivity index (χ1n) is 2.71. The third-order valence-corrected chi connectivity index (χ3v) is 4.07. The third-order valence-electron chi connectivity index (χ3n) is 1.43. The molecule has 0 aliphatic carbocycles. The molecular weight excluding hydrogens is 199 g/mol. The summed E-state index contributed by atoms with van der Waals surface area (Å²) in [4.78, 5) is -1.99. The van der Waals surface area contributed by atoms with Gasteiger partial charge >= 0.3 is 29.6 Å². The largest absolute Gasteiger partial charge is 1.00 e. The van der Waals surface area contributed by atoms with Gasteiger partial charge in [-0.1, -0.05) is 0 Å². The fourth-order valence-corrected chi connectivity index (χ4v) is 3.13. The molecule has 7 heteroatoms. The second-order valence-corrected chi connectivity index (χ2v) is 4.98. The Morgan fingerprint density at radius 3 is 2.27 bits per heavy atom. The first-order valence-corrected chi connectivity index (χ1v) is 5.28. The number of hydrogen-bond acceptors (Lipinski definition) is 5. The maximum Gasteiger partial charge on any atom is 1.00 e. The van der Waals surface area contributed by atoms with E-state index in [1.807, 2.05) is 0 Å². The maximum absolute atomic E-state index is 10.3. The molecule has 1 rings (SSSR count). The summed E-state index contributed by atoms with van der Waals surface area (Å²) in [7, 11) is -4.52. The predicted octanol–water partition coefficient (Wildman–Crippen LogP) is -3.64. The van der Waals surface area contributed by atoms with Gasteiger partial charge in [-0.3, -0.25) is 0 Å². The molecule has 0 bridgehead atoms. The zero-order chi connectivity index (χ0) is 7.83. The van der Waals surface area contributed by atoms with Crippen LogP contribution in [0.3, 0.4) is 0 Å². The number of thioether (sulfide) groups is 1. The van der Waals surface area contributed by atoms with Crippen molar-refractivity contribution in [3.8, 4) is 0 Å². The summed E-state index contributed by atoms with van der Waals surface area (Å²) < 4.78 is 31.0. The summed E-state index contributed by atoms with van der Waals surface area (Å²) in [5, 5.41) is 9.11. The van der Waals surface area contributed by atoms with Gasteiger partial charge in [-0.2, -0.15) is 11.8 Å². The molecule has 0 aromatic carbocycles. The molecule has 1 atom stereocenters. The topological polar surface area (TPSA) is 77.4 Å². The van der Waals surface area contributed by atoms with Crippen LogP contribution in [0, 0.1) is 0 Å². The maximum atomic E-state index is 10.3. The van der Waals surface area contributed by atoms with Crippen LogP contribution in [-0.2, 0) is 10.1 Å². The van der Waals surface area contributed by atoms with E-state index in [2.05, 4.69) is 0 Å². The quantitative estimate of drug-likeness (QED) is 0.354. The van der Waals surface area contributed by atoms with Crippen molar-refractivity contribution in [2.45, 2.75) is 11.4 Å². The summed E-state index contributed by atoms with van der Waals surface area (Å²) >= 11 is 1.28. The molecule has 0 aromatic heterocycles. The molecule has 0 amide bonds. The van der Waals surface area contributed by atoms with E-state index in [1.54, 1.807) is 0 Å². The van der Waals surface area contributed by atoms with Crippen LogP contribution in [-0.4, -0.2) is 34.5 Å². The van der Waals surface area contributed by atoms with Gasteiger partial charge in [0.2, 0.25) is 0 Å². The summed E-state index contributed by atoms with van der Waals surface area (Å²) in [5.74, 6) is 0.552. The average molecular weight is 206 g/mol. The Kier molecular flexibility index (Phi) is 4.39. The normalized spacial score (nSPS) is 31.5. The van der Waals surface area contributed by atoms with E-state index in [4.69, 9.17) is 5.11 Å². The van der Waals surface area contributed by atoms with Crippen LogP contribution >= 0.6 is 11.8 Å². The molecule has 0 spiro atoms. The van der Waals surface area contributed by atoms with Crippen LogP contribution in [0.4, 0.5) is 0 Å². The molecule has 60 valence electrons. The van der Waals surface area contributed by atoms with Crippen LogP contribution in [0.25, 0.3) is 0 Å². The van der Waals surface area contributed by atoms with Crippen molar-refractivity contribution < 1.29 is 47.6 Å². The zero-order valence-corrected chi connectivity index (χ0v) is 9.74. The fourth-order valence-electron chi connectivity index (χ4n) is 0.733. The van der Waals surface area contributed by atoms with E-state index in [-0.39, 0.29) is 41.7 Å². The van der Waals surface area contributed by atoms with Crippen molar-refractivity contribution in [3.05, 3.63) is 0 Å². The van der Waals surface area contributed by atoms with E-state index >= 15 is 0 Å². The van der Waals surface area contributed by atoms with Gasteiger partial charge in [-0.15, -0.1) is 0 Å². The zero-order valence-electron chi connectivity index (χ0n) is 6.11. The van der Waals surface area contributed by atoms with Gasteiger partial charge in [-0.25, -0.2) is 8.42 Å². The van der Waals surface area contributed by atoms with Gasteiger partial charge < -0.3 is 9.66 Å². The van der Waals surface area contributed by atoms with E-state index in [0.717, 1.165) is 0 Å². The molecule has 1 aliphatic heterocycles. The fraction of sp³-hybridized carbons (Fsp3) is 1.00. The molecule has 1 fully saturated rings. The van der Waals surface area contributed by atoms with Crippen molar-refractivity contribution in [2.75, 3.05) is 11.5 Å². The van der Waals surface area contributed by atoms with Crippen LogP contribution in [0.15, 0.2) is 0 Å². The SMILES string of the molecule is O=S(=O)([O-])C1(O)CCSC1.[Na+]. The smallest absolute Gasteiger partial charge is 0.746 e. The minimum absolute atomic E-state index is 0. The van der Waals surface area contributed by atoms with Gasteiger partial charge in [-0.05, 0) is 12.2 Å². The Balaban J connectivity index is 0.000001000. The summed E-state index contributed by atoms with van der Waals surface area (Å²) in [5.41, 5.74) is 0. The first-order chi connectivity index (χ1) is 4.46. The average Bonchev–Trinajstić information content (AvgIpc) is 2.13. The molecule has 1 N–H and O–H groups in total. The summed E-state index contributed by atoms with van der Waals surface area (Å²) in [6.07, 6.45) is 0.0590. The van der Waals surface area contributed by atoms with Gasteiger partial charge in [0.25, 0.3) is 0 Å². The number of aliphatic hydroxyl groups is 1. The van der Waals surface area contributed by atoms with Crippen molar-refractivity contribution in [1.82, 2.24) is 0 Å². The van der Waals surface area contributed by atoms with E-state index in [9.17, 15) is 13.0 Å². The van der Waals surface area contributed by atoms with E-state index < -0.39 is 15.1 Å². The van der Waals surface area contributed by atoms with Crippen LogP contribution in [0.2, 0.25) is 0 Å². The van der Waals surface area contributed by atoms with Crippen molar-refractivity contribution in [3.63, 3.8) is 0 Å². The van der Waals surface area contributed by atoms with Crippen LogP contribution < -0.4 is 29.6 Å². The molecule has 0 radical (unpaired) electrons. The van der Waals surface area contributed by atoms with Gasteiger partial charge in [0.05, 0.1) is 0 Å². The second kappa shape index (κ2) is 3.95. The minimum Gasteiger partial charge on any atom is -0.746 e. The molecule has 1 aliphatic rings. The molecule has 0 aromatic rings. The Morgan fingerprint density at radius 1 is 1.55 bits per heavy atom.